The van der Waals surface area contributed by atoms with Crippen LogP contribution in [0.3, 0.4) is 0 Å². The molecule has 1 fully saturated rings. The Kier molecular flexibility index (Phi) is 5.50. The Morgan fingerprint density at radius 2 is 1.52 bits per heavy atom. The largest absolute Gasteiger partial charge is 0.497 e. The van der Waals surface area contributed by atoms with Crippen LogP contribution < -0.4 is 20.1 Å². The van der Waals surface area contributed by atoms with Crippen LogP contribution in [0.4, 0.5) is 11.6 Å². The van der Waals surface area contributed by atoms with Crippen LogP contribution in [-0.2, 0) is 0 Å². The lowest BCUT2D eigenvalue weighted by molar-refractivity contribution is 0.415. The van der Waals surface area contributed by atoms with Crippen LogP contribution in [0.1, 0.15) is 11.1 Å². The average Bonchev–Trinajstić information content (AvgIpc) is 2.86. The van der Waals surface area contributed by atoms with Gasteiger partial charge in [-0.1, -0.05) is 24.3 Å². The molecule has 2 heterocycles. The van der Waals surface area contributed by atoms with Crippen molar-refractivity contribution in [2.45, 2.75) is 13.8 Å². The highest BCUT2D eigenvalue weighted by Gasteiger charge is 2.24. The van der Waals surface area contributed by atoms with Gasteiger partial charge >= 0.3 is 0 Å². The first kappa shape index (κ1) is 21.1. The molecule has 1 saturated heterocycles. The Hall–Kier alpha value is -3.80. The molecule has 6 heteroatoms. The molecule has 1 aromatic heterocycles. The number of methoxy groups -OCH3 is 1. The van der Waals surface area contributed by atoms with Crippen LogP contribution >= 0.6 is 0 Å². The number of hydrogen-bond donors (Lipinski definition) is 0. The quantitative estimate of drug-likeness (QED) is 0.473. The van der Waals surface area contributed by atoms with Gasteiger partial charge in [0.15, 0.2) is 0 Å². The summed E-state index contributed by atoms with van der Waals surface area (Å²) in [6, 6.07) is 21.9. The highest BCUT2D eigenvalue weighted by molar-refractivity contribution is 5.79. The van der Waals surface area contributed by atoms with E-state index >= 15 is 0 Å². The summed E-state index contributed by atoms with van der Waals surface area (Å²) in [5.74, 6) is 1.57. The molecule has 0 amide bonds. The zero-order valence-electron chi connectivity index (χ0n) is 19.3. The van der Waals surface area contributed by atoms with Gasteiger partial charge in [-0.3, -0.25) is 4.79 Å². The van der Waals surface area contributed by atoms with Crippen LogP contribution in [-0.4, -0.2) is 42.8 Å². The summed E-state index contributed by atoms with van der Waals surface area (Å²) in [5.41, 5.74) is 5.02. The first-order valence-electron chi connectivity index (χ1n) is 11.3. The normalized spacial score (nSPS) is 14.0. The van der Waals surface area contributed by atoms with Crippen molar-refractivity contribution in [3.63, 3.8) is 0 Å². The zero-order valence-corrected chi connectivity index (χ0v) is 19.3. The van der Waals surface area contributed by atoms with E-state index in [4.69, 9.17) is 9.72 Å². The van der Waals surface area contributed by atoms with Crippen LogP contribution in [0.15, 0.2) is 71.5 Å². The maximum Gasteiger partial charge on any atom is 0.267 e. The number of anilines is 2. The fourth-order valence-corrected chi connectivity index (χ4v) is 4.49. The number of para-hydroxylation sites is 1. The fourth-order valence-electron chi connectivity index (χ4n) is 4.49. The van der Waals surface area contributed by atoms with Gasteiger partial charge in [0.25, 0.3) is 5.56 Å². The molecule has 0 bridgehead atoms. The number of aryl methyl sites for hydroxylation is 1. The molecule has 6 nitrogen and oxygen atoms in total. The lowest BCUT2D eigenvalue weighted by Gasteiger charge is -2.37. The molecule has 0 aliphatic carbocycles. The molecule has 168 valence electrons. The SMILES string of the molecule is COc1ccc(N2CCN(c3nc4ccccc4c(=O)n3-c3cccc(C)c3C)CC2)cc1. The zero-order chi connectivity index (χ0) is 22.9. The minimum Gasteiger partial charge on any atom is -0.497 e. The van der Waals surface area contributed by atoms with Crippen molar-refractivity contribution in [1.29, 1.82) is 0 Å². The maximum atomic E-state index is 13.7. The maximum absolute atomic E-state index is 13.7. The van der Waals surface area contributed by atoms with E-state index in [1.165, 1.54) is 5.69 Å². The Bertz CT molecular complexity index is 1350. The van der Waals surface area contributed by atoms with Gasteiger partial charge in [-0.25, -0.2) is 9.55 Å². The van der Waals surface area contributed by atoms with Gasteiger partial charge in [0.1, 0.15) is 5.75 Å². The molecule has 5 rings (SSSR count). The Morgan fingerprint density at radius 3 is 2.24 bits per heavy atom. The molecule has 3 aromatic carbocycles. The van der Waals surface area contributed by atoms with Crippen molar-refractivity contribution in [3.05, 3.63) is 88.2 Å². The van der Waals surface area contributed by atoms with Gasteiger partial charge in [-0.15, -0.1) is 0 Å². The van der Waals surface area contributed by atoms with Crippen molar-refractivity contribution >= 4 is 22.5 Å². The number of ether oxygens (including phenoxy) is 1. The first-order valence-corrected chi connectivity index (χ1v) is 11.3. The Balaban J connectivity index is 1.54. The number of piperazine rings is 1. The van der Waals surface area contributed by atoms with E-state index in [0.717, 1.165) is 54.3 Å². The summed E-state index contributed by atoms with van der Waals surface area (Å²) in [7, 11) is 1.68. The van der Waals surface area contributed by atoms with E-state index < -0.39 is 0 Å². The van der Waals surface area contributed by atoms with E-state index in [1.807, 2.05) is 48.5 Å². The molecule has 1 aliphatic heterocycles. The summed E-state index contributed by atoms with van der Waals surface area (Å²) in [5, 5.41) is 0.638. The topological polar surface area (TPSA) is 50.6 Å². The van der Waals surface area contributed by atoms with Gasteiger partial charge < -0.3 is 14.5 Å². The van der Waals surface area contributed by atoms with Crippen molar-refractivity contribution < 1.29 is 4.74 Å². The smallest absolute Gasteiger partial charge is 0.267 e. The predicted molar refractivity (Wildman–Crippen MR) is 134 cm³/mol. The summed E-state index contributed by atoms with van der Waals surface area (Å²) >= 11 is 0. The second-order valence-electron chi connectivity index (χ2n) is 8.46. The van der Waals surface area contributed by atoms with E-state index in [1.54, 1.807) is 11.7 Å². The predicted octanol–water partition coefficient (Wildman–Crippen LogP) is 4.34. The first-order chi connectivity index (χ1) is 16.1. The number of hydrogen-bond acceptors (Lipinski definition) is 5. The van der Waals surface area contributed by atoms with Gasteiger partial charge in [0.2, 0.25) is 5.95 Å². The summed E-state index contributed by atoms with van der Waals surface area (Å²) in [6.45, 7) is 7.40. The highest BCUT2D eigenvalue weighted by atomic mass is 16.5. The van der Waals surface area contributed by atoms with Gasteiger partial charge in [-0.2, -0.15) is 0 Å². The Labute approximate surface area is 193 Å². The van der Waals surface area contributed by atoms with E-state index in [-0.39, 0.29) is 5.56 Å². The number of benzene rings is 3. The number of rotatable bonds is 4. The average molecular weight is 441 g/mol. The molecule has 0 atom stereocenters. The van der Waals surface area contributed by atoms with E-state index in [9.17, 15) is 4.79 Å². The third kappa shape index (κ3) is 3.82. The van der Waals surface area contributed by atoms with Gasteiger partial charge in [-0.05, 0) is 67.4 Å². The highest BCUT2D eigenvalue weighted by Crippen LogP contribution is 2.26. The molecule has 1 aliphatic rings. The third-order valence-corrected chi connectivity index (χ3v) is 6.58. The van der Waals surface area contributed by atoms with E-state index in [2.05, 4.69) is 41.8 Å². The van der Waals surface area contributed by atoms with Crippen LogP contribution in [0, 0.1) is 13.8 Å². The third-order valence-electron chi connectivity index (χ3n) is 6.58. The lowest BCUT2D eigenvalue weighted by atomic mass is 10.1. The molecule has 0 spiro atoms. The standard InChI is InChI=1S/C27H28N4O2/c1-19-7-6-10-25(20(19)2)31-26(32)23-8-4-5-9-24(23)28-27(31)30-17-15-29(16-18-30)21-11-13-22(33-3)14-12-21/h4-14H,15-18H2,1-3H3. The molecule has 0 radical (unpaired) electrons. The lowest BCUT2D eigenvalue weighted by Crippen LogP contribution is -2.48. The molecule has 0 N–H and O–H groups in total. The molecule has 0 saturated carbocycles. The van der Waals surface area contributed by atoms with Gasteiger partial charge in [0, 0.05) is 31.9 Å². The number of aromatic nitrogens is 2. The molecular weight excluding hydrogens is 412 g/mol. The molecule has 33 heavy (non-hydrogen) atoms. The molecule has 4 aromatic rings. The van der Waals surface area contributed by atoms with Crippen molar-refractivity contribution in [2.24, 2.45) is 0 Å². The minimum absolute atomic E-state index is 0.0260. The second-order valence-corrected chi connectivity index (χ2v) is 8.46. The summed E-state index contributed by atoms with van der Waals surface area (Å²) in [4.78, 5) is 23.2. The molecule has 0 unspecified atom stereocenters. The minimum atomic E-state index is -0.0260. The van der Waals surface area contributed by atoms with Crippen LogP contribution in [0.5, 0.6) is 5.75 Å². The van der Waals surface area contributed by atoms with Crippen molar-refractivity contribution in [3.8, 4) is 11.4 Å². The summed E-state index contributed by atoms with van der Waals surface area (Å²) in [6.07, 6.45) is 0. The second kappa shape index (κ2) is 8.62. The number of fused-ring (bicyclic) bond motifs is 1. The summed E-state index contributed by atoms with van der Waals surface area (Å²) < 4.78 is 7.08. The van der Waals surface area contributed by atoms with E-state index in [0.29, 0.717) is 11.3 Å². The van der Waals surface area contributed by atoms with Crippen molar-refractivity contribution in [1.82, 2.24) is 9.55 Å². The Morgan fingerprint density at radius 1 is 0.818 bits per heavy atom. The van der Waals surface area contributed by atoms with Gasteiger partial charge in [0.05, 0.1) is 23.7 Å². The van der Waals surface area contributed by atoms with Crippen molar-refractivity contribution in [2.75, 3.05) is 43.1 Å². The fraction of sp³-hybridized carbons (Fsp3) is 0.259. The van der Waals surface area contributed by atoms with Crippen LogP contribution in [0.2, 0.25) is 0 Å². The van der Waals surface area contributed by atoms with Crippen LogP contribution in [0.25, 0.3) is 16.6 Å². The number of nitrogens with zero attached hydrogens (tertiary/aromatic N) is 4. The monoisotopic (exact) mass is 440 g/mol. The molecular formula is C27H28N4O2.